The van der Waals surface area contributed by atoms with Crippen LogP contribution < -0.4 is 4.74 Å². The second-order valence-corrected chi connectivity index (χ2v) is 7.50. The molecule has 1 N–H and O–H groups in total. The largest absolute Gasteiger partial charge is 0.465 e. The topological polar surface area (TPSA) is 102 Å². The normalized spacial score (nSPS) is 16.1. The third-order valence-electron chi connectivity index (χ3n) is 4.92. The van der Waals surface area contributed by atoms with Gasteiger partial charge in [-0.15, -0.1) is 0 Å². The van der Waals surface area contributed by atoms with Crippen LogP contribution >= 0.6 is 0 Å². The highest BCUT2D eigenvalue weighted by molar-refractivity contribution is 5.86. The van der Waals surface area contributed by atoms with E-state index in [1.165, 1.54) is 30.0 Å². The molecule has 8 nitrogen and oxygen atoms in total. The Labute approximate surface area is 169 Å². The zero-order valence-electron chi connectivity index (χ0n) is 16.8. The van der Waals surface area contributed by atoms with E-state index in [9.17, 15) is 14.7 Å². The summed E-state index contributed by atoms with van der Waals surface area (Å²) < 4.78 is 10.4. The van der Waals surface area contributed by atoms with Gasteiger partial charge in [0.1, 0.15) is 5.75 Å². The molecule has 1 atom stereocenters. The summed E-state index contributed by atoms with van der Waals surface area (Å²) in [6.07, 6.45) is 3.32. The van der Waals surface area contributed by atoms with Gasteiger partial charge in [0, 0.05) is 19.0 Å². The van der Waals surface area contributed by atoms with Crippen molar-refractivity contribution in [3.63, 3.8) is 0 Å². The molecule has 0 bridgehead atoms. The van der Waals surface area contributed by atoms with Crippen LogP contribution in [0.2, 0.25) is 0 Å². The van der Waals surface area contributed by atoms with Gasteiger partial charge < -0.3 is 19.5 Å². The molecule has 0 saturated heterocycles. The van der Waals surface area contributed by atoms with Crippen molar-refractivity contribution in [1.29, 1.82) is 0 Å². The molecule has 1 aromatic heterocycles. The predicted octanol–water partition coefficient (Wildman–Crippen LogP) is 3.72. The van der Waals surface area contributed by atoms with Crippen LogP contribution in [0.15, 0.2) is 30.6 Å². The van der Waals surface area contributed by atoms with Gasteiger partial charge >= 0.3 is 12.1 Å². The number of rotatable bonds is 5. The molecule has 2 aromatic rings. The van der Waals surface area contributed by atoms with E-state index in [0.717, 1.165) is 12.0 Å². The number of ether oxygens (including phenoxy) is 2. The van der Waals surface area contributed by atoms with Gasteiger partial charge in [0.05, 0.1) is 19.5 Å². The number of hydrogen-bond acceptors (Lipinski definition) is 6. The van der Waals surface area contributed by atoms with Crippen molar-refractivity contribution < 1.29 is 24.2 Å². The van der Waals surface area contributed by atoms with Gasteiger partial charge in [0.2, 0.25) is 5.88 Å². The number of aromatic nitrogens is 2. The molecule has 0 aliphatic carbocycles. The van der Waals surface area contributed by atoms with Gasteiger partial charge in [-0.1, -0.05) is 19.9 Å². The van der Waals surface area contributed by atoms with Crippen LogP contribution in [0.3, 0.4) is 0 Å². The molecule has 0 saturated carbocycles. The molecule has 8 heteroatoms. The summed E-state index contributed by atoms with van der Waals surface area (Å²) in [5.41, 5.74) is 2.35. The Kier molecular flexibility index (Phi) is 6.31. The average Bonchev–Trinajstić information content (AvgIpc) is 2.87. The van der Waals surface area contributed by atoms with E-state index >= 15 is 0 Å². The molecule has 29 heavy (non-hydrogen) atoms. The van der Waals surface area contributed by atoms with Gasteiger partial charge in [0.25, 0.3) is 0 Å². The van der Waals surface area contributed by atoms with Crippen molar-refractivity contribution >= 4 is 12.1 Å². The SMILES string of the molecule is COC(=O)c1cnc(Oc2ccc3c(c2)CCN(C(=O)O)CC3CC(C)C)cn1. The van der Waals surface area contributed by atoms with Crippen molar-refractivity contribution in [2.45, 2.75) is 32.6 Å². The van der Waals surface area contributed by atoms with Gasteiger partial charge in [-0.3, -0.25) is 0 Å². The van der Waals surface area contributed by atoms with Crippen LogP contribution in [0.25, 0.3) is 0 Å². The fourth-order valence-corrected chi connectivity index (χ4v) is 3.62. The van der Waals surface area contributed by atoms with Crippen molar-refractivity contribution in [2.75, 3.05) is 20.2 Å². The molecule has 3 rings (SSSR count). The zero-order valence-corrected chi connectivity index (χ0v) is 16.8. The summed E-state index contributed by atoms with van der Waals surface area (Å²) in [5, 5.41) is 9.48. The Morgan fingerprint density at radius 3 is 2.69 bits per heavy atom. The lowest BCUT2D eigenvalue weighted by atomic mass is 9.87. The van der Waals surface area contributed by atoms with Gasteiger partial charge in [0.15, 0.2) is 5.69 Å². The van der Waals surface area contributed by atoms with E-state index in [1.54, 1.807) is 0 Å². The first-order valence-corrected chi connectivity index (χ1v) is 9.56. The summed E-state index contributed by atoms with van der Waals surface area (Å²) in [4.78, 5) is 32.6. The molecule has 1 aromatic carbocycles. The summed E-state index contributed by atoms with van der Waals surface area (Å²) >= 11 is 0. The molecule has 0 spiro atoms. The Bertz CT molecular complexity index is 882. The first-order chi connectivity index (χ1) is 13.9. The molecular weight excluding hydrogens is 374 g/mol. The van der Waals surface area contributed by atoms with E-state index in [0.29, 0.717) is 31.2 Å². The highest BCUT2D eigenvalue weighted by Crippen LogP contribution is 2.33. The third kappa shape index (κ3) is 5.01. The minimum atomic E-state index is -0.885. The minimum absolute atomic E-state index is 0.104. The number of benzene rings is 1. The number of esters is 1. The third-order valence-corrected chi connectivity index (χ3v) is 4.92. The zero-order chi connectivity index (χ0) is 21.0. The van der Waals surface area contributed by atoms with E-state index in [2.05, 4.69) is 28.6 Å². The number of amides is 1. The van der Waals surface area contributed by atoms with Crippen LogP contribution in [-0.4, -0.2) is 52.2 Å². The number of carbonyl (C=O) groups is 2. The highest BCUT2D eigenvalue weighted by atomic mass is 16.5. The quantitative estimate of drug-likeness (QED) is 0.765. The summed E-state index contributed by atoms with van der Waals surface area (Å²) in [5.74, 6) is 0.902. The van der Waals surface area contributed by atoms with Gasteiger partial charge in [-0.05, 0) is 42.0 Å². The number of carboxylic acid groups (broad SMARTS) is 1. The first kappa shape index (κ1) is 20.6. The first-order valence-electron chi connectivity index (χ1n) is 9.56. The molecule has 154 valence electrons. The molecule has 1 amide bonds. The van der Waals surface area contributed by atoms with Crippen molar-refractivity contribution in [1.82, 2.24) is 14.9 Å². The maximum absolute atomic E-state index is 11.5. The van der Waals surface area contributed by atoms with Crippen LogP contribution in [0.1, 0.15) is 47.8 Å². The Morgan fingerprint density at radius 1 is 1.28 bits per heavy atom. The number of fused-ring (bicyclic) bond motifs is 1. The molecule has 1 aliphatic heterocycles. The van der Waals surface area contributed by atoms with Crippen LogP contribution in [0.4, 0.5) is 4.79 Å². The van der Waals surface area contributed by atoms with Crippen LogP contribution in [0.5, 0.6) is 11.6 Å². The Balaban J connectivity index is 1.82. The summed E-state index contributed by atoms with van der Waals surface area (Å²) in [6, 6.07) is 5.81. The number of methoxy groups -OCH3 is 1. The van der Waals surface area contributed by atoms with Crippen molar-refractivity contribution in [3.8, 4) is 11.6 Å². The second-order valence-electron chi connectivity index (χ2n) is 7.50. The van der Waals surface area contributed by atoms with Crippen LogP contribution in [0, 0.1) is 5.92 Å². The van der Waals surface area contributed by atoms with Crippen molar-refractivity contribution in [3.05, 3.63) is 47.4 Å². The molecule has 2 heterocycles. The predicted molar refractivity (Wildman–Crippen MR) is 105 cm³/mol. The number of nitrogens with zero attached hydrogens (tertiary/aromatic N) is 3. The maximum atomic E-state index is 11.5. The van der Waals surface area contributed by atoms with E-state index < -0.39 is 12.1 Å². The summed E-state index contributed by atoms with van der Waals surface area (Å²) in [7, 11) is 1.28. The second kappa shape index (κ2) is 8.89. The highest BCUT2D eigenvalue weighted by Gasteiger charge is 2.26. The molecular formula is C21H25N3O5. The monoisotopic (exact) mass is 399 g/mol. The lowest BCUT2D eigenvalue weighted by Crippen LogP contribution is -2.33. The lowest BCUT2D eigenvalue weighted by molar-refractivity contribution is 0.0593. The number of carbonyl (C=O) groups excluding carboxylic acids is 1. The molecule has 0 fully saturated rings. The van der Waals surface area contributed by atoms with E-state index in [1.807, 2.05) is 18.2 Å². The summed E-state index contributed by atoms with van der Waals surface area (Å²) in [6.45, 7) is 5.24. The average molecular weight is 399 g/mol. The maximum Gasteiger partial charge on any atom is 0.407 e. The van der Waals surface area contributed by atoms with E-state index in [4.69, 9.17) is 4.74 Å². The van der Waals surface area contributed by atoms with E-state index in [-0.39, 0.29) is 17.5 Å². The van der Waals surface area contributed by atoms with Gasteiger partial charge in [-0.25, -0.2) is 19.6 Å². The minimum Gasteiger partial charge on any atom is -0.465 e. The number of hydrogen-bond donors (Lipinski definition) is 1. The Hall–Kier alpha value is -3.16. The molecule has 0 radical (unpaired) electrons. The smallest absolute Gasteiger partial charge is 0.407 e. The lowest BCUT2D eigenvalue weighted by Gasteiger charge is -2.24. The van der Waals surface area contributed by atoms with Gasteiger partial charge in [-0.2, -0.15) is 0 Å². The fourth-order valence-electron chi connectivity index (χ4n) is 3.62. The molecule has 1 unspecified atom stereocenters. The molecule has 1 aliphatic rings. The van der Waals surface area contributed by atoms with Crippen LogP contribution in [-0.2, 0) is 11.2 Å². The van der Waals surface area contributed by atoms with Crippen molar-refractivity contribution in [2.24, 2.45) is 5.92 Å². The fraction of sp³-hybridized carbons (Fsp3) is 0.429. The Morgan fingerprint density at radius 2 is 2.07 bits per heavy atom. The standard InChI is InChI=1S/C21H25N3O5/c1-13(2)8-15-12-24(21(26)27)7-6-14-9-16(4-5-17(14)15)29-19-11-22-18(10-23-19)20(25)28-3/h4-5,9-11,13,15H,6-8,12H2,1-3H3,(H,26,27).